The van der Waals surface area contributed by atoms with Gasteiger partial charge in [0.15, 0.2) is 21.3 Å². The Kier molecular flexibility index (Phi) is 6.69. The number of aromatic nitrogens is 4. The van der Waals surface area contributed by atoms with Gasteiger partial charge in [0.1, 0.15) is 10.6 Å². The summed E-state index contributed by atoms with van der Waals surface area (Å²) in [7, 11) is -4.14. The van der Waals surface area contributed by atoms with Crippen LogP contribution >= 0.6 is 0 Å². The van der Waals surface area contributed by atoms with Crippen molar-refractivity contribution in [2.75, 3.05) is 5.75 Å². The topological polar surface area (TPSA) is 95.6 Å². The van der Waals surface area contributed by atoms with Crippen LogP contribution in [0.25, 0.3) is 22.6 Å². The highest BCUT2D eigenvalue weighted by atomic mass is 32.2. The average molecular weight is 582 g/mol. The highest BCUT2D eigenvalue weighted by Gasteiger charge is 2.61. The molecule has 0 N–H and O–H groups in total. The van der Waals surface area contributed by atoms with E-state index in [9.17, 15) is 48.3 Å². The van der Waals surface area contributed by atoms with Crippen molar-refractivity contribution in [1.82, 2.24) is 19.2 Å². The Balaban J connectivity index is 1.79. The van der Waals surface area contributed by atoms with Crippen molar-refractivity contribution >= 4 is 15.5 Å². The number of halogens is 8. The minimum Gasteiger partial charge on any atom is -0.426 e. The fourth-order valence-electron chi connectivity index (χ4n) is 3.34. The summed E-state index contributed by atoms with van der Waals surface area (Å²) in [5.41, 5.74) is -2.35. The molecule has 0 unspecified atom stereocenters. The Bertz CT molecular complexity index is 1710. The van der Waals surface area contributed by atoms with E-state index in [1.54, 1.807) is 0 Å². The van der Waals surface area contributed by atoms with E-state index in [0.29, 0.717) is 21.3 Å². The predicted octanol–water partition coefficient (Wildman–Crippen LogP) is 4.89. The highest BCUT2D eigenvalue weighted by molar-refractivity contribution is 7.91. The number of ether oxygens (including phenoxy) is 1. The first-order chi connectivity index (χ1) is 17.9. The third-order valence-electron chi connectivity index (χ3n) is 5.36. The molecular formula is C22H14F8N4O4S. The summed E-state index contributed by atoms with van der Waals surface area (Å²) in [4.78, 5) is 16.3. The molecule has 0 saturated carbocycles. The summed E-state index contributed by atoms with van der Waals surface area (Å²) >= 11 is 0. The fraction of sp³-hybridized carbons (Fsp3) is 0.227. The van der Waals surface area contributed by atoms with Crippen LogP contribution in [-0.4, -0.2) is 45.6 Å². The van der Waals surface area contributed by atoms with Gasteiger partial charge in [0.25, 0.3) is 0 Å². The van der Waals surface area contributed by atoms with E-state index in [0.717, 1.165) is 42.6 Å². The van der Waals surface area contributed by atoms with E-state index in [4.69, 9.17) is 0 Å². The lowest BCUT2D eigenvalue weighted by atomic mass is 10.1. The van der Waals surface area contributed by atoms with Crippen LogP contribution < -0.4 is 10.4 Å². The SMILES string of the molecule is CCS(=O)(=O)c1cc(-c2ccc(OC(F)(F)C(F)(F)F)cc2)cnc1-n1nc2ccc(C(F)(F)F)cn2c1=O. The van der Waals surface area contributed by atoms with Gasteiger partial charge < -0.3 is 4.74 Å². The largest absolute Gasteiger partial charge is 0.499 e. The van der Waals surface area contributed by atoms with Gasteiger partial charge in [-0.2, -0.15) is 39.8 Å². The quantitative estimate of drug-likeness (QED) is 0.301. The van der Waals surface area contributed by atoms with Crippen LogP contribution in [0.15, 0.2) is 64.5 Å². The maximum atomic E-state index is 13.1. The van der Waals surface area contributed by atoms with Crippen molar-refractivity contribution < 1.29 is 48.3 Å². The molecule has 0 aliphatic rings. The molecule has 1 aromatic carbocycles. The smallest absolute Gasteiger partial charge is 0.426 e. The Labute approximate surface area is 213 Å². The van der Waals surface area contributed by atoms with Crippen LogP contribution in [0, 0.1) is 0 Å². The average Bonchev–Trinajstić information content (AvgIpc) is 3.18. The van der Waals surface area contributed by atoms with Crippen LogP contribution in [-0.2, 0) is 16.0 Å². The second kappa shape index (κ2) is 9.32. The summed E-state index contributed by atoms with van der Waals surface area (Å²) in [6.07, 6.45) is -14.6. The Morgan fingerprint density at radius 2 is 1.56 bits per heavy atom. The molecule has 0 radical (unpaired) electrons. The van der Waals surface area contributed by atoms with E-state index >= 15 is 0 Å². The summed E-state index contributed by atoms with van der Waals surface area (Å²) in [5.74, 6) is -1.83. The summed E-state index contributed by atoms with van der Waals surface area (Å²) in [5, 5.41) is 3.88. The lowest BCUT2D eigenvalue weighted by molar-refractivity contribution is -0.360. The Morgan fingerprint density at radius 3 is 2.13 bits per heavy atom. The maximum Gasteiger partial charge on any atom is 0.499 e. The van der Waals surface area contributed by atoms with Crippen molar-refractivity contribution in [3.63, 3.8) is 0 Å². The van der Waals surface area contributed by atoms with Crippen molar-refractivity contribution in [3.05, 3.63) is 70.9 Å². The molecule has 0 fully saturated rings. The van der Waals surface area contributed by atoms with Gasteiger partial charge in [-0.25, -0.2) is 22.6 Å². The second-order valence-corrected chi connectivity index (χ2v) is 10.2. The van der Waals surface area contributed by atoms with E-state index in [1.807, 2.05) is 0 Å². The third kappa shape index (κ3) is 5.30. The monoisotopic (exact) mass is 582 g/mol. The molecule has 0 aliphatic heterocycles. The summed E-state index contributed by atoms with van der Waals surface area (Å²) < 4.78 is 133. The zero-order valence-electron chi connectivity index (χ0n) is 19.3. The van der Waals surface area contributed by atoms with Gasteiger partial charge in [-0.3, -0.25) is 0 Å². The van der Waals surface area contributed by atoms with Crippen molar-refractivity contribution in [2.45, 2.75) is 30.3 Å². The summed E-state index contributed by atoms with van der Waals surface area (Å²) in [6, 6.07) is 6.37. The number of pyridine rings is 2. The third-order valence-corrected chi connectivity index (χ3v) is 7.09. The van der Waals surface area contributed by atoms with Crippen LogP contribution in [0.2, 0.25) is 0 Å². The van der Waals surface area contributed by atoms with Crippen molar-refractivity contribution in [1.29, 1.82) is 0 Å². The number of alkyl halides is 8. The molecule has 3 aromatic heterocycles. The maximum absolute atomic E-state index is 13.1. The number of sulfone groups is 1. The van der Waals surface area contributed by atoms with Crippen LogP contribution in [0.1, 0.15) is 12.5 Å². The van der Waals surface area contributed by atoms with Crippen LogP contribution in [0.3, 0.4) is 0 Å². The van der Waals surface area contributed by atoms with Gasteiger partial charge in [0, 0.05) is 18.0 Å². The molecule has 39 heavy (non-hydrogen) atoms. The zero-order chi connectivity index (χ0) is 29.0. The number of hydrogen-bond donors (Lipinski definition) is 0. The Morgan fingerprint density at radius 1 is 0.923 bits per heavy atom. The van der Waals surface area contributed by atoms with Gasteiger partial charge in [-0.15, -0.1) is 5.10 Å². The van der Waals surface area contributed by atoms with Gasteiger partial charge in [0.2, 0.25) is 0 Å². The minimum absolute atomic E-state index is 0.0519. The zero-order valence-corrected chi connectivity index (χ0v) is 20.1. The van der Waals surface area contributed by atoms with E-state index in [2.05, 4.69) is 14.8 Å². The number of nitrogens with zero attached hydrogens (tertiary/aromatic N) is 4. The van der Waals surface area contributed by atoms with Gasteiger partial charge in [-0.05, 0) is 35.9 Å². The van der Waals surface area contributed by atoms with E-state index in [-0.39, 0.29) is 16.8 Å². The lowest BCUT2D eigenvalue weighted by Gasteiger charge is -2.20. The first kappa shape index (κ1) is 28.0. The van der Waals surface area contributed by atoms with Crippen molar-refractivity contribution in [2.24, 2.45) is 0 Å². The molecule has 0 bridgehead atoms. The molecular weight excluding hydrogens is 568 g/mol. The molecule has 0 atom stereocenters. The standard InChI is InChI=1S/C22H14F8N4O4S/c1-2-39(36,37)16-9-13(12-3-6-15(7-4-12)38-22(29,30)21(26,27)28)10-31-18(16)34-19(35)33-11-14(20(23,24)25)5-8-17(33)32-34/h3-11H,2H2,1H3. The van der Waals surface area contributed by atoms with Gasteiger partial charge in [-0.1, -0.05) is 19.1 Å². The first-order valence-electron chi connectivity index (χ1n) is 10.6. The first-order valence-corrected chi connectivity index (χ1v) is 12.3. The molecule has 4 aromatic rings. The van der Waals surface area contributed by atoms with Gasteiger partial charge >= 0.3 is 24.2 Å². The minimum atomic E-state index is -5.96. The Hall–Kier alpha value is -4.02. The number of fused-ring (bicyclic) bond motifs is 1. The highest BCUT2D eigenvalue weighted by Crippen LogP contribution is 2.38. The molecule has 0 aliphatic carbocycles. The molecule has 8 nitrogen and oxygen atoms in total. The summed E-state index contributed by atoms with van der Waals surface area (Å²) in [6.45, 7) is 1.28. The number of rotatable bonds is 6. The molecule has 17 heteroatoms. The van der Waals surface area contributed by atoms with E-state index < -0.39 is 61.8 Å². The number of hydrogen-bond acceptors (Lipinski definition) is 6. The molecule has 0 amide bonds. The fourth-order valence-corrected chi connectivity index (χ4v) is 4.38. The van der Waals surface area contributed by atoms with Gasteiger partial charge in [0.05, 0.1) is 11.3 Å². The normalized spacial score (nSPS) is 13.2. The molecule has 0 spiro atoms. The molecule has 0 saturated heterocycles. The number of benzene rings is 1. The van der Waals surface area contributed by atoms with Crippen LogP contribution in [0.4, 0.5) is 35.1 Å². The lowest BCUT2D eigenvalue weighted by Crippen LogP contribution is -2.41. The van der Waals surface area contributed by atoms with Crippen LogP contribution in [0.5, 0.6) is 5.75 Å². The molecule has 3 heterocycles. The predicted molar refractivity (Wildman–Crippen MR) is 118 cm³/mol. The molecule has 208 valence electrons. The second-order valence-electron chi connectivity index (χ2n) is 7.93. The molecule has 4 rings (SSSR count). The van der Waals surface area contributed by atoms with Crippen molar-refractivity contribution in [3.8, 4) is 22.7 Å². The van der Waals surface area contributed by atoms with E-state index in [1.165, 1.54) is 6.92 Å².